The summed E-state index contributed by atoms with van der Waals surface area (Å²) < 4.78 is 0. The van der Waals surface area contributed by atoms with Crippen LogP contribution in [0, 0.1) is 25.7 Å². The molecule has 0 saturated carbocycles. The molecule has 0 aliphatic heterocycles. The molecule has 21 heavy (non-hydrogen) atoms. The zero-order valence-corrected chi connectivity index (χ0v) is 13.4. The van der Waals surface area contributed by atoms with Crippen LogP contribution >= 0.6 is 22.9 Å². The van der Waals surface area contributed by atoms with Crippen molar-refractivity contribution < 1.29 is 4.79 Å². The molecule has 0 spiro atoms. The van der Waals surface area contributed by atoms with Gasteiger partial charge in [0.15, 0.2) is 0 Å². The van der Waals surface area contributed by atoms with E-state index in [1.54, 1.807) is 18.2 Å². The Kier molecular flexibility index (Phi) is 5.03. The van der Waals surface area contributed by atoms with E-state index >= 15 is 0 Å². The van der Waals surface area contributed by atoms with E-state index in [0.717, 1.165) is 10.4 Å². The van der Waals surface area contributed by atoms with Gasteiger partial charge in [0.2, 0.25) is 0 Å². The van der Waals surface area contributed by atoms with Gasteiger partial charge in [0.05, 0.1) is 17.1 Å². The monoisotopic (exact) mass is 318 g/mol. The lowest BCUT2D eigenvalue weighted by molar-refractivity contribution is 0.103. The van der Waals surface area contributed by atoms with Crippen LogP contribution < -0.4 is 11.1 Å². The van der Waals surface area contributed by atoms with Crippen LogP contribution in [0.4, 0.5) is 5.69 Å². The highest BCUT2D eigenvalue weighted by Gasteiger charge is 2.12. The van der Waals surface area contributed by atoms with E-state index in [9.17, 15) is 4.79 Å². The fraction of sp³-hybridized carbons (Fsp3) is 0.188. The Labute approximate surface area is 133 Å². The third kappa shape index (κ3) is 3.85. The molecule has 1 aromatic carbocycles. The molecule has 0 aliphatic rings. The quantitative estimate of drug-likeness (QED) is 0.832. The number of rotatable bonds is 2. The predicted octanol–water partition coefficient (Wildman–Crippen LogP) is 3.58. The number of thiophene rings is 1. The van der Waals surface area contributed by atoms with E-state index < -0.39 is 0 Å². The van der Waals surface area contributed by atoms with Crippen LogP contribution in [-0.2, 0) is 0 Å². The smallest absolute Gasteiger partial charge is 0.265 e. The van der Waals surface area contributed by atoms with Crippen molar-refractivity contribution in [3.05, 3.63) is 50.2 Å². The standard InChI is InChI=1S/C16H15ClN2OS/c1-10-8-15(21-11(10)2)16(20)19-14-6-5-13(17)9-12(14)4-3-7-18/h5-6,8-9H,7,18H2,1-2H3,(H,19,20). The second-order valence-electron chi connectivity index (χ2n) is 4.50. The summed E-state index contributed by atoms with van der Waals surface area (Å²) in [7, 11) is 0. The molecule has 1 heterocycles. The number of anilines is 1. The number of nitrogens with two attached hydrogens (primary N) is 1. The average Bonchev–Trinajstić information content (AvgIpc) is 2.79. The van der Waals surface area contributed by atoms with Crippen molar-refractivity contribution in [3.8, 4) is 11.8 Å². The average molecular weight is 319 g/mol. The third-order valence-corrected chi connectivity index (χ3v) is 4.33. The predicted molar refractivity (Wildman–Crippen MR) is 89.1 cm³/mol. The van der Waals surface area contributed by atoms with Crippen molar-refractivity contribution in [2.45, 2.75) is 13.8 Å². The van der Waals surface area contributed by atoms with Crippen LogP contribution in [0.3, 0.4) is 0 Å². The molecule has 2 aromatic rings. The zero-order valence-electron chi connectivity index (χ0n) is 11.8. The minimum Gasteiger partial charge on any atom is -0.320 e. The Morgan fingerprint density at radius 2 is 2.14 bits per heavy atom. The first kappa shape index (κ1) is 15.6. The van der Waals surface area contributed by atoms with Crippen molar-refractivity contribution in [2.24, 2.45) is 5.73 Å². The lowest BCUT2D eigenvalue weighted by atomic mass is 10.1. The van der Waals surface area contributed by atoms with Gasteiger partial charge < -0.3 is 11.1 Å². The van der Waals surface area contributed by atoms with Gasteiger partial charge in [-0.1, -0.05) is 23.4 Å². The summed E-state index contributed by atoms with van der Waals surface area (Å²) in [6.45, 7) is 4.24. The van der Waals surface area contributed by atoms with Crippen LogP contribution in [0.5, 0.6) is 0 Å². The molecule has 1 aromatic heterocycles. The molecule has 0 bridgehead atoms. The maximum absolute atomic E-state index is 12.3. The second kappa shape index (κ2) is 6.77. The molecule has 108 valence electrons. The number of carbonyl (C=O) groups is 1. The van der Waals surface area contributed by atoms with E-state index in [2.05, 4.69) is 17.2 Å². The Morgan fingerprint density at radius 1 is 1.38 bits per heavy atom. The largest absolute Gasteiger partial charge is 0.320 e. The van der Waals surface area contributed by atoms with Gasteiger partial charge in [-0.15, -0.1) is 11.3 Å². The summed E-state index contributed by atoms with van der Waals surface area (Å²) in [5, 5.41) is 3.44. The van der Waals surface area contributed by atoms with Gasteiger partial charge in [-0.05, 0) is 43.7 Å². The Balaban J connectivity index is 2.28. The number of hydrogen-bond acceptors (Lipinski definition) is 3. The first-order chi connectivity index (χ1) is 10.0. The number of aryl methyl sites for hydroxylation is 2. The highest BCUT2D eigenvalue weighted by Crippen LogP contribution is 2.24. The summed E-state index contributed by atoms with van der Waals surface area (Å²) in [5.41, 5.74) is 7.79. The van der Waals surface area contributed by atoms with Crippen molar-refractivity contribution >= 4 is 34.5 Å². The molecule has 0 fully saturated rings. The normalized spacial score (nSPS) is 9.90. The number of carbonyl (C=O) groups excluding carboxylic acids is 1. The van der Waals surface area contributed by atoms with Crippen molar-refractivity contribution in [1.29, 1.82) is 0 Å². The highest BCUT2D eigenvalue weighted by atomic mass is 35.5. The van der Waals surface area contributed by atoms with Gasteiger partial charge in [-0.3, -0.25) is 4.79 Å². The van der Waals surface area contributed by atoms with Gasteiger partial charge in [0.1, 0.15) is 0 Å². The topological polar surface area (TPSA) is 55.1 Å². The first-order valence-electron chi connectivity index (χ1n) is 6.38. The lowest BCUT2D eigenvalue weighted by Crippen LogP contribution is -2.11. The lowest BCUT2D eigenvalue weighted by Gasteiger charge is -2.07. The molecule has 5 heteroatoms. The summed E-state index contributed by atoms with van der Waals surface area (Å²) in [5.74, 6) is 5.54. The Morgan fingerprint density at radius 3 is 2.76 bits per heavy atom. The summed E-state index contributed by atoms with van der Waals surface area (Å²) in [6, 6.07) is 7.06. The van der Waals surface area contributed by atoms with Crippen molar-refractivity contribution in [1.82, 2.24) is 0 Å². The van der Waals surface area contributed by atoms with Crippen molar-refractivity contribution in [3.63, 3.8) is 0 Å². The summed E-state index contributed by atoms with van der Waals surface area (Å²) in [6.07, 6.45) is 0. The SMILES string of the molecule is Cc1cc(C(=O)Nc2ccc(Cl)cc2C#CCN)sc1C. The number of nitrogens with one attached hydrogen (secondary N) is 1. The van der Waals surface area contributed by atoms with Crippen LogP contribution in [0.1, 0.15) is 25.7 Å². The maximum Gasteiger partial charge on any atom is 0.265 e. The van der Waals surface area contributed by atoms with E-state index in [4.69, 9.17) is 17.3 Å². The molecule has 0 aliphatic carbocycles. The van der Waals surface area contributed by atoms with E-state index in [1.807, 2.05) is 19.9 Å². The van der Waals surface area contributed by atoms with Crippen LogP contribution in [0.2, 0.25) is 5.02 Å². The minimum atomic E-state index is -0.144. The molecule has 0 unspecified atom stereocenters. The minimum absolute atomic E-state index is 0.144. The van der Waals surface area contributed by atoms with Gasteiger partial charge in [-0.25, -0.2) is 0 Å². The van der Waals surface area contributed by atoms with Gasteiger partial charge in [-0.2, -0.15) is 0 Å². The summed E-state index contributed by atoms with van der Waals surface area (Å²) >= 11 is 7.44. The molecule has 0 saturated heterocycles. The zero-order chi connectivity index (χ0) is 15.4. The second-order valence-corrected chi connectivity index (χ2v) is 6.19. The number of benzene rings is 1. The molecular formula is C16H15ClN2OS. The molecule has 2 rings (SSSR count). The Bertz CT molecular complexity index is 721. The molecule has 3 nitrogen and oxygen atoms in total. The number of amides is 1. The molecular weight excluding hydrogens is 304 g/mol. The maximum atomic E-state index is 12.3. The number of hydrogen-bond donors (Lipinski definition) is 2. The van der Waals surface area contributed by atoms with Crippen LogP contribution in [-0.4, -0.2) is 12.5 Å². The van der Waals surface area contributed by atoms with Gasteiger partial charge in [0.25, 0.3) is 5.91 Å². The molecule has 0 radical (unpaired) electrons. The third-order valence-electron chi connectivity index (χ3n) is 2.94. The Hall–Kier alpha value is -1.80. The van der Waals surface area contributed by atoms with E-state index in [1.165, 1.54) is 11.3 Å². The van der Waals surface area contributed by atoms with Crippen LogP contribution in [0.25, 0.3) is 0 Å². The summed E-state index contributed by atoms with van der Waals surface area (Å²) in [4.78, 5) is 14.1. The van der Waals surface area contributed by atoms with Crippen molar-refractivity contribution in [2.75, 3.05) is 11.9 Å². The van der Waals surface area contributed by atoms with E-state index in [0.29, 0.717) is 21.2 Å². The number of halogens is 1. The van der Waals surface area contributed by atoms with Gasteiger partial charge in [0, 0.05) is 15.5 Å². The molecule has 0 atom stereocenters. The molecule has 1 amide bonds. The highest BCUT2D eigenvalue weighted by molar-refractivity contribution is 7.14. The first-order valence-corrected chi connectivity index (χ1v) is 7.57. The van der Waals surface area contributed by atoms with Gasteiger partial charge >= 0.3 is 0 Å². The fourth-order valence-corrected chi connectivity index (χ4v) is 2.85. The van der Waals surface area contributed by atoms with Crippen LogP contribution in [0.15, 0.2) is 24.3 Å². The fourth-order valence-electron chi connectivity index (χ4n) is 1.74. The molecule has 3 N–H and O–H groups in total. The van der Waals surface area contributed by atoms with E-state index in [-0.39, 0.29) is 12.5 Å².